The lowest BCUT2D eigenvalue weighted by Crippen LogP contribution is -2.43. The first-order chi connectivity index (χ1) is 15.7. The number of anilines is 2. The maximum Gasteiger partial charge on any atom is 0.319 e. The van der Waals surface area contributed by atoms with Gasteiger partial charge in [0.25, 0.3) is 0 Å². The summed E-state index contributed by atoms with van der Waals surface area (Å²) in [6.07, 6.45) is 0.740. The summed E-state index contributed by atoms with van der Waals surface area (Å²) in [6.45, 7) is 11.4. The van der Waals surface area contributed by atoms with Crippen LogP contribution in [0.3, 0.4) is 0 Å². The summed E-state index contributed by atoms with van der Waals surface area (Å²) < 4.78 is 0. The second-order valence-corrected chi connectivity index (χ2v) is 9.04. The summed E-state index contributed by atoms with van der Waals surface area (Å²) >= 11 is 0. The highest BCUT2D eigenvalue weighted by Gasteiger charge is 2.30. The second-order valence-electron chi connectivity index (χ2n) is 9.04. The van der Waals surface area contributed by atoms with Crippen molar-refractivity contribution in [2.24, 2.45) is 5.92 Å². The first-order valence-corrected chi connectivity index (χ1v) is 11.9. The van der Waals surface area contributed by atoms with Gasteiger partial charge >= 0.3 is 6.03 Å². The zero-order valence-electron chi connectivity index (χ0n) is 21.2. The maximum atomic E-state index is 13.9. The summed E-state index contributed by atoms with van der Waals surface area (Å²) in [7, 11) is 3.99. The van der Waals surface area contributed by atoms with Gasteiger partial charge in [-0.1, -0.05) is 51.1 Å². The van der Waals surface area contributed by atoms with Crippen molar-refractivity contribution in [3.8, 4) is 0 Å². The van der Waals surface area contributed by atoms with Crippen molar-refractivity contribution in [3.05, 3.63) is 59.7 Å². The molecule has 2 aromatic carbocycles. The lowest BCUT2D eigenvalue weighted by Gasteiger charge is -2.36. The molecule has 0 bridgehead atoms. The molecule has 2 atom stereocenters. The molecule has 0 saturated heterocycles. The highest BCUT2D eigenvalue weighted by atomic mass is 16.2. The van der Waals surface area contributed by atoms with Gasteiger partial charge in [0, 0.05) is 44.6 Å². The van der Waals surface area contributed by atoms with Gasteiger partial charge in [-0.25, -0.2) is 4.79 Å². The Morgan fingerprint density at radius 3 is 2.18 bits per heavy atom. The Kier molecular flexibility index (Phi) is 9.76. The average Bonchev–Trinajstić information content (AvgIpc) is 2.78. The molecule has 2 rings (SSSR count). The molecule has 2 aromatic rings. The van der Waals surface area contributed by atoms with Crippen molar-refractivity contribution in [3.63, 3.8) is 0 Å². The number of nitrogens with one attached hydrogen (secondary N) is 2. The zero-order valence-corrected chi connectivity index (χ0v) is 21.2. The zero-order chi connectivity index (χ0) is 24.5. The van der Waals surface area contributed by atoms with Crippen LogP contribution in [0.15, 0.2) is 48.5 Å². The van der Waals surface area contributed by atoms with E-state index in [2.05, 4.69) is 38.3 Å². The van der Waals surface area contributed by atoms with E-state index in [1.165, 1.54) is 0 Å². The number of carbonyl (C=O) groups is 2. The normalized spacial score (nSPS) is 12.7. The van der Waals surface area contributed by atoms with Crippen molar-refractivity contribution in [2.45, 2.75) is 59.5 Å². The number of hydrogen-bond donors (Lipinski definition) is 2. The SMILES string of the molecule is CCNC(=O)Nc1ccc(N(C)C)c(CN(C(=O)[C@H](CC)c2ccccc2)[C@H](C)C(C)C)c1. The second kappa shape index (κ2) is 12.3. The average molecular weight is 453 g/mol. The van der Waals surface area contributed by atoms with Gasteiger partial charge in [-0.15, -0.1) is 0 Å². The van der Waals surface area contributed by atoms with Crippen molar-refractivity contribution in [2.75, 3.05) is 30.9 Å². The van der Waals surface area contributed by atoms with E-state index in [9.17, 15) is 9.59 Å². The van der Waals surface area contributed by atoms with E-state index in [4.69, 9.17) is 0 Å². The van der Waals surface area contributed by atoms with Crippen LogP contribution in [0.25, 0.3) is 0 Å². The van der Waals surface area contributed by atoms with E-state index in [0.717, 1.165) is 23.2 Å². The van der Waals surface area contributed by atoms with Crippen LogP contribution in [0.1, 0.15) is 58.1 Å². The third-order valence-electron chi connectivity index (χ3n) is 6.14. The number of benzene rings is 2. The Bertz CT molecular complexity index is 912. The van der Waals surface area contributed by atoms with Crippen molar-refractivity contribution in [1.29, 1.82) is 0 Å². The fourth-order valence-corrected chi connectivity index (χ4v) is 3.97. The lowest BCUT2D eigenvalue weighted by molar-refractivity contribution is -0.136. The number of nitrogens with zero attached hydrogens (tertiary/aromatic N) is 2. The minimum Gasteiger partial charge on any atom is -0.377 e. The van der Waals surface area contributed by atoms with E-state index < -0.39 is 0 Å². The first-order valence-electron chi connectivity index (χ1n) is 11.9. The van der Waals surface area contributed by atoms with Gasteiger partial charge in [0.05, 0.1) is 5.92 Å². The van der Waals surface area contributed by atoms with Crippen LogP contribution in [-0.2, 0) is 11.3 Å². The minimum atomic E-state index is -0.236. The molecule has 0 aliphatic heterocycles. The molecule has 6 heteroatoms. The Hall–Kier alpha value is -3.02. The predicted molar refractivity (Wildman–Crippen MR) is 138 cm³/mol. The summed E-state index contributed by atoms with van der Waals surface area (Å²) in [5, 5.41) is 5.65. The summed E-state index contributed by atoms with van der Waals surface area (Å²) in [6, 6.07) is 15.7. The third-order valence-corrected chi connectivity index (χ3v) is 6.14. The number of amides is 3. The van der Waals surface area contributed by atoms with E-state index in [1.54, 1.807) is 0 Å². The summed E-state index contributed by atoms with van der Waals surface area (Å²) in [5.41, 5.74) is 3.78. The van der Waals surface area contributed by atoms with Gasteiger partial charge in [-0.05, 0) is 55.5 Å². The van der Waals surface area contributed by atoms with E-state index >= 15 is 0 Å². The number of hydrogen-bond acceptors (Lipinski definition) is 3. The highest BCUT2D eigenvalue weighted by molar-refractivity contribution is 5.90. The Balaban J connectivity index is 2.44. The molecular weight excluding hydrogens is 412 g/mol. The molecule has 0 spiro atoms. The molecule has 33 heavy (non-hydrogen) atoms. The molecule has 6 nitrogen and oxygen atoms in total. The van der Waals surface area contributed by atoms with Crippen LogP contribution in [0, 0.1) is 5.92 Å². The molecule has 0 fully saturated rings. The van der Waals surface area contributed by atoms with Gasteiger partial charge < -0.3 is 20.4 Å². The van der Waals surface area contributed by atoms with Crippen LogP contribution in [0.2, 0.25) is 0 Å². The standard InChI is InChI=1S/C27H40N4O2/c1-8-24(21-13-11-10-12-14-21)26(32)31(20(5)19(3)4)18-22-17-23(29-27(33)28-9-2)15-16-25(22)30(6)7/h10-17,19-20,24H,8-9,18H2,1-7H3,(H2,28,29,33)/t20-,24-/m1/s1. The molecule has 0 aromatic heterocycles. The van der Waals surface area contributed by atoms with E-state index in [-0.39, 0.29) is 23.9 Å². The largest absolute Gasteiger partial charge is 0.377 e. The van der Waals surface area contributed by atoms with Crippen LogP contribution in [0.5, 0.6) is 0 Å². The molecular formula is C27H40N4O2. The van der Waals surface area contributed by atoms with E-state index in [0.29, 0.717) is 24.7 Å². The summed E-state index contributed by atoms with van der Waals surface area (Å²) in [5.74, 6) is 0.255. The monoisotopic (exact) mass is 452 g/mol. The molecule has 0 unspecified atom stereocenters. The molecule has 0 aliphatic rings. The van der Waals surface area contributed by atoms with Crippen molar-refractivity contribution >= 4 is 23.3 Å². The van der Waals surface area contributed by atoms with E-state index in [1.807, 2.05) is 79.3 Å². The molecule has 0 heterocycles. The fourth-order valence-electron chi connectivity index (χ4n) is 3.97. The van der Waals surface area contributed by atoms with Crippen molar-refractivity contribution < 1.29 is 9.59 Å². The molecule has 2 N–H and O–H groups in total. The Morgan fingerprint density at radius 2 is 1.64 bits per heavy atom. The smallest absolute Gasteiger partial charge is 0.319 e. The predicted octanol–water partition coefficient (Wildman–Crippen LogP) is 5.46. The third kappa shape index (κ3) is 6.98. The van der Waals surface area contributed by atoms with Crippen molar-refractivity contribution in [1.82, 2.24) is 10.2 Å². The van der Waals surface area contributed by atoms with Gasteiger partial charge in [-0.3, -0.25) is 4.79 Å². The van der Waals surface area contributed by atoms with Gasteiger partial charge in [0.2, 0.25) is 5.91 Å². The first kappa shape index (κ1) is 26.2. The highest BCUT2D eigenvalue weighted by Crippen LogP contribution is 2.30. The summed E-state index contributed by atoms with van der Waals surface area (Å²) in [4.78, 5) is 30.0. The maximum absolute atomic E-state index is 13.9. The molecule has 0 radical (unpaired) electrons. The quantitative estimate of drug-likeness (QED) is 0.503. The van der Waals surface area contributed by atoms with Crippen LogP contribution < -0.4 is 15.5 Å². The topological polar surface area (TPSA) is 64.7 Å². The number of urea groups is 1. The van der Waals surface area contributed by atoms with Crippen LogP contribution >= 0.6 is 0 Å². The van der Waals surface area contributed by atoms with Gasteiger partial charge in [0.1, 0.15) is 0 Å². The van der Waals surface area contributed by atoms with Crippen LogP contribution in [-0.4, -0.2) is 43.5 Å². The molecule has 0 aliphatic carbocycles. The van der Waals surface area contributed by atoms with Gasteiger partial charge in [0.15, 0.2) is 0 Å². The fraction of sp³-hybridized carbons (Fsp3) is 0.481. The minimum absolute atomic E-state index is 0.0604. The Morgan fingerprint density at radius 1 is 0.970 bits per heavy atom. The molecule has 0 saturated carbocycles. The molecule has 180 valence electrons. The molecule has 3 amide bonds. The van der Waals surface area contributed by atoms with Crippen LogP contribution in [0.4, 0.5) is 16.2 Å². The lowest BCUT2D eigenvalue weighted by atomic mass is 9.92. The van der Waals surface area contributed by atoms with Gasteiger partial charge in [-0.2, -0.15) is 0 Å². The number of carbonyl (C=O) groups excluding carboxylic acids is 2. The number of rotatable bonds is 10. The Labute approximate surface area is 199 Å².